The van der Waals surface area contributed by atoms with Crippen molar-refractivity contribution in [2.24, 2.45) is 0 Å². The van der Waals surface area contributed by atoms with Gasteiger partial charge in [-0.2, -0.15) is 0 Å². The molecule has 0 unspecified atom stereocenters. The van der Waals surface area contributed by atoms with E-state index in [2.05, 4.69) is 6.92 Å². The summed E-state index contributed by atoms with van der Waals surface area (Å²) in [5.74, 6) is 0. The summed E-state index contributed by atoms with van der Waals surface area (Å²) in [7, 11) is 0. The zero-order valence-corrected chi connectivity index (χ0v) is 5.52. The van der Waals surface area contributed by atoms with Gasteiger partial charge in [-0.15, -0.1) is 0 Å². The van der Waals surface area contributed by atoms with Gasteiger partial charge in [0.2, 0.25) is 0 Å². The summed E-state index contributed by atoms with van der Waals surface area (Å²) in [5.41, 5.74) is 0. The van der Waals surface area contributed by atoms with Crippen LogP contribution in [0, 0.1) is 0 Å². The van der Waals surface area contributed by atoms with Crippen LogP contribution in [0.2, 0.25) is 0 Å². The van der Waals surface area contributed by atoms with E-state index in [1.807, 2.05) is 0 Å². The predicted octanol–water partition coefficient (Wildman–Crippen LogP) is 1.97. The summed E-state index contributed by atoms with van der Waals surface area (Å²) in [6, 6.07) is 0. The zero-order valence-electron chi connectivity index (χ0n) is 5.52. The van der Waals surface area contributed by atoms with Crippen molar-refractivity contribution >= 4 is 0 Å². The Labute approximate surface area is 51.0 Å². The van der Waals surface area contributed by atoms with Crippen LogP contribution in [0.3, 0.4) is 0 Å². The Morgan fingerprint density at radius 1 is 1.50 bits per heavy atom. The molecule has 0 aromatic heterocycles. The second-order valence-electron chi connectivity index (χ2n) is 2.40. The van der Waals surface area contributed by atoms with E-state index in [-0.39, 0.29) is 0 Å². The number of rotatable bonds is 1. The maximum absolute atomic E-state index is 5.43. The number of hydrogen-bond donors (Lipinski definition) is 0. The summed E-state index contributed by atoms with van der Waals surface area (Å²) in [6.45, 7) is 3.19. The highest BCUT2D eigenvalue weighted by atomic mass is 16.5. The fourth-order valence-corrected chi connectivity index (χ4v) is 1.13. The van der Waals surface area contributed by atoms with Crippen LogP contribution >= 0.6 is 0 Å². The first-order valence-corrected chi connectivity index (χ1v) is 3.55. The average molecular weight is 114 g/mol. The lowest BCUT2D eigenvalue weighted by Gasteiger charge is -2.20. The van der Waals surface area contributed by atoms with E-state index in [1.54, 1.807) is 0 Å². The Balaban J connectivity index is 2.13. The number of ether oxygens (including phenoxy) is 1. The van der Waals surface area contributed by atoms with E-state index in [9.17, 15) is 0 Å². The third-order valence-corrected chi connectivity index (χ3v) is 1.73. The SMILES string of the molecule is CC[C@H]1CCCCO1. The van der Waals surface area contributed by atoms with Crippen LogP contribution in [0.25, 0.3) is 0 Å². The first kappa shape index (κ1) is 6.09. The van der Waals surface area contributed by atoms with Gasteiger partial charge in [0, 0.05) is 6.61 Å². The maximum atomic E-state index is 5.43. The third kappa shape index (κ3) is 1.48. The van der Waals surface area contributed by atoms with Gasteiger partial charge in [-0.1, -0.05) is 6.92 Å². The molecule has 0 radical (unpaired) electrons. The molecule has 1 aliphatic rings. The Morgan fingerprint density at radius 2 is 2.38 bits per heavy atom. The third-order valence-electron chi connectivity index (χ3n) is 1.73. The minimum atomic E-state index is 0.587. The molecule has 0 N–H and O–H groups in total. The van der Waals surface area contributed by atoms with Crippen molar-refractivity contribution in [2.75, 3.05) is 6.61 Å². The molecule has 1 aliphatic heterocycles. The molecule has 1 heteroatoms. The lowest BCUT2D eigenvalue weighted by molar-refractivity contribution is 0.0143. The van der Waals surface area contributed by atoms with Gasteiger partial charge in [-0.3, -0.25) is 0 Å². The minimum Gasteiger partial charge on any atom is -0.378 e. The van der Waals surface area contributed by atoms with Crippen molar-refractivity contribution in [1.29, 1.82) is 0 Å². The van der Waals surface area contributed by atoms with E-state index >= 15 is 0 Å². The van der Waals surface area contributed by atoms with Crippen molar-refractivity contribution in [3.63, 3.8) is 0 Å². The molecule has 1 atom stereocenters. The van der Waals surface area contributed by atoms with E-state index in [0.717, 1.165) is 6.61 Å². The molecule has 0 saturated carbocycles. The van der Waals surface area contributed by atoms with Crippen LogP contribution in [0.4, 0.5) is 0 Å². The summed E-state index contributed by atoms with van der Waals surface area (Å²) in [5, 5.41) is 0. The van der Waals surface area contributed by atoms with Crippen LogP contribution in [0.5, 0.6) is 0 Å². The van der Waals surface area contributed by atoms with Crippen LogP contribution in [-0.2, 0) is 4.74 Å². The Bertz CT molecular complexity index is 55.4. The molecular weight excluding hydrogens is 100 g/mol. The van der Waals surface area contributed by atoms with Crippen LogP contribution < -0.4 is 0 Å². The van der Waals surface area contributed by atoms with Gasteiger partial charge < -0.3 is 4.74 Å². The minimum absolute atomic E-state index is 0.587. The molecule has 1 heterocycles. The molecule has 1 fully saturated rings. The van der Waals surface area contributed by atoms with E-state index in [4.69, 9.17) is 4.74 Å². The smallest absolute Gasteiger partial charge is 0.0572 e. The highest BCUT2D eigenvalue weighted by Crippen LogP contribution is 2.14. The van der Waals surface area contributed by atoms with Gasteiger partial charge in [0.05, 0.1) is 6.10 Å². The van der Waals surface area contributed by atoms with E-state index in [1.165, 1.54) is 25.7 Å². The molecular formula is C7H14O. The standard InChI is InChI=1S/C7H14O/c1-2-7-5-3-4-6-8-7/h7H,2-6H2,1H3/t7-/m0/s1. The maximum Gasteiger partial charge on any atom is 0.0572 e. The molecule has 0 amide bonds. The second-order valence-corrected chi connectivity index (χ2v) is 2.40. The predicted molar refractivity (Wildman–Crippen MR) is 33.9 cm³/mol. The van der Waals surface area contributed by atoms with E-state index in [0.29, 0.717) is 6.10 Å². The molecule has 1 nitrogen and oxygen atoms in total. The summed E-state index contributed by atoms with van der Waals surface area (Å²) in [6.07, 6.45) is 5.72. The highest BCUT2D eigenvalue weighted by molar-refractivity contribution is 4.60. The number of hydrogen-bond acceptors (Lipinski definition) is 1. The summed E-state index contributed by atoms with van der Waals surface area (Å²) < 4.78 is 5.43. The van der Waals surface area contributed by atoms with Gasteiger partial charge >= 0.3 is 0 Å². The summed E-state index contributed by atoms with van der Waals surface area (Å²) >= 11 is 0. The first-order valence-electron chi connectivity index (χ1n) is 3.55. The van der Waals surface area contributed by atoms with Gasteiger partial charge in [0.25, 0.3) is 0 Å². The normalized spacial score (nSPS) is 30.4. The lowest BCUT2D eigenvalue weighted by Crippen LogP contribution is -2.17. The second kappa shape index (κ2) is 3.08. The average Bonchev–Trinajstić information content (AvgIpc) is 1.90. The van der Waals surface area contributed by atoms with Crippen molar-refractivity contribution in [3.8, 4) is 0 Å². The largest absolute Gasteiger partial charge is 0.378 e. The molecule has 48 valence electrons. The molecule has 0 aliphatic carbocycles. The molecule has 0 aromatic carbocycles. The van der Waals surface area contributed by atoms with Crippen LogP contribution in [0.1, 0.15) is 32.6 Å². The lowest BCUT2D eigenvalue weighted by atomic mass is 10.1. The quantitative estimate of drug-likeness (QED) is 0.506. The molecule has 1 rings (SSSR count). The van der Waals surface area contributed by atoms with Crippen molar-refractivity contribution < 1.29 is 4.74 Å². The van der Waals surface area contributed by atoms with Gasteiger partial charge in [-0.25, -0.2) is 0 Å². The van der Waals surface area contributed by atoms with Gasteiger partial charge in [0.15, 0.2) is 0 Å². The summed E-state index contributed by atoms with van der Waals surface area (Å²) in [4.78, 5) is 0. The fraction of sp³-hybridized carbons (Fsp3) is 1.00. The van der Waals surface area contributed by atoms with Crippen LogP contribution in [0.15, 0.2) is 0 Å². The highest BCUT2D eigenvalue weighted by Gasteiger charge is 2.09. The molecule has 0 bridgehead atoms. The topological polar surface area (TPSA) is 9.23 Å². The Morgan fingerprint density at radius 3 is 2.75 bits per heavy atom. The Kier molecular flexibility index (Phi) is 2.34. The van der Waals surface area contributed by atoms with Crippen molar-refractivity contribution in [1.82, 2.24) is 0 Å². The van der Waals surface area contributed by atoms with Gasteiger partial charge in [-0.05, 0) is 25.7 Å². The fourth-order valence-electron chi connectivity index (χ4n) is 1.13. The van der Waals surface area contributed by atoms with Crippen LogP contribution in [-0.4, -0.2) is 12.7 Å². The molecule has 1 saturated heterocycles. The molecule has 0 spiro atoms. The first-order chi connectivity index (χ1) is 3.93. The van der Waals surface area contributed by atoms with Gasteiger partial charge in [0.1, 0.15) is 0 Å². The van der Waals surface area contributed by atoms with Crippen molar-refractivity contribution in [2.45, 2.75) is 38.7 Å². The van der Waals surface area contributed by atoms with E-state index < -0.39 is 0 Å². The Hall–Kier alpha value is -0.0400. The molecule has 0 aromatic rings. The molecule has 8 heavy (non-hydrogen) atoms. The monoisotopic (exact) mass is 114 g/mol. The van der Waals surface area contributed by atoms with Crippen molar-refractivity contribution in [3.05, 3.63) is 0 Å². The zero-order chi connectivity index (χ0) is 5.82.